The lowest BCUT2D eigenvalue weighted by atomic mass is 9.94. The molecule has 0 unspecified atom stereocenters. The fourth-order valence-electron chi connectivity index (χ4n) is 4.45. The third-order valence-electron chi connectivity index (χ3n) is 6.25. The van der Waals surface area contributed by atoms with Crippen LogP contribution in [0.3, 0.4) is 0 Å². The molecule has 1 aliphatic heterocycles. The largest absolute Gasteiger partial charge is 0.496 e. The Bertz CT molecular complexity index is 1570. The Morgan fingerprint density at radius 2 is 1.84 bits per heavy atom. The first-order valence-corrected chi connectivity index (χ1v) is 12.9. The van der Waals surface area contributed by atoms with Gasteiger partial charge in [0.1, 0.15) is 24.1 Å². The van der Waals surface area contributed by atoms with Crippen molar-refractivity contribution in [2.45, 2.75) is 26.8 Å². The van der Waals surface area contributed by atoms with E-state index in [2.05, 4.69) is 5.92 Å². The van der Waals surface area contributed by atoms with Crippen molar-refractivity contribution in [3.63, 3.8) is 0 Å². The highest BCUT2D eigenvalue weighted by atomic mass is 32.1. The Labute approximate surface area is 220 Å². The van der Waals surface area contributed by atoms with Gasteiger partial charge in [0.15, 0.2) is 4.80 Å². The summed E-state index contributed by atoms with van der Waals surface area (Å²) in [6.07, 6.45) is 7.14. The number of allylic oxidation sites excluding steroid dienone is 1. The van der Waals surface area contributed by atoms with Crippen LogP contribution in [0.1, 0.15) is 37.9 Å². The van der Waals surface area contributed by atoms with Crippen LogP contribution in [0.5, 0.6) is 11.5 Å². The van der Waals surface area contributed by atoms with Gasteiger partial charge in [-0.25, -0.2) is 4.99 Å². The lowest BCUT2D eigenvalue weighted by molar-refractivity contribution is -0.127. The quantitative estimate of drug-likeness (QED) is 0.432. The molecule has 0 bridgehead atoms. The van der Waals surface area contributed by atoms with E-state index in [1.54, 1.807) is 22.7 Å². The fraction of sp³-hybridized carbons (Fsp3) is 0.276. The van der Waals surface area contributed by atoms with Gasteiger partial charge in [0.2, 0.25) is 0 Å². The first-order valence-electron chi connectivity index (χ1n) is 12.0. The molecule has 1 aromatic heterocycles. The topological polar surface area (TPSA) is 73.1 Å². The Morgan fingerprint density at radius 1 is 1.16 bits per heavy atom. The molecule has 0 saturated heterocycles. The molecule has 190 valence electrons. The Hall–Kier alpha value is -4.09. The lowest BCUT2D eigenvalue weighted by Crippen LogP contribution is -2.43. The van der Waals surface area contributed by atoms with Crippen LogP contribution in [-0.4, -0.2) is 42.2 Å². The summed E-state index contributed by atoms with van der Waals surface area (Å²) in [7, 11) is 1.58. The molecule has 0 saturated carbocycles. The highest BCUT2D eigenvalue weighted by molar-refractivity contribution is 7.07. The molecule has 0 radical (unpaired) electrons. The zero-order chi connectivity index (χ0) is 26.5. The summed E-state index contributed by atoms with van der Waals surface area (Å²) >= 11 is 1.27. The minimum atomic E-state index is -0.685. The molecular formula is C29H29N3O4S. The number of methoxy groups -OCH3 is 1. The van der Waals surface area contributed by atoms with Gasteiger partial charge in [0, 0.05) is 24.2 Å². The van der Waals surface area contributed by atoms with Crippen LogP contribution in [0.15, 0.2) is 69.6 Å². The van der Waals surface area contributed by atoms with Crippen molar-refractivity contribution in [1.29, 1.82) is 0 Å². The molecule has 1 atom stereocenters. The molecule has 37 heavy (non-hydrogen) atoms. The molecule has 8 heteroatoms. The second kappa shape index (κ2) is 11.3. The van der Waals surface area contributed by atoms with E-state index in [9.17, 15) is 9.59 Å². The van der Waals surface area contributed by atoms with Gasteiger partial charge < -0.3 is 14.4 Å². The van der Waals surface area contributed by atoms with E-state index in [-0.39, 0.29) is 18.1 Å². The molecule has 4 rings (SSSR count). The summed E-state index contributed by atoms with van der Waals surface area (Å²) in [5.41, 5.74) is 2.25. The molecule has 1 amide bonds. The van der Waals surface area contributed by atoms with E-state index in [1.807, 2.05) is 69.3 Å². The number of hydrogen-bond acceptors (Lipinski definition) is 6. The van der Waals surface area contributed by atoms with E-state index in [0.717, 1.165) is 11.1 Å². The second-order valence-corrected chi connectivity index (χ2v) is 9.34. The minimum absolute atomic E-state index is 0.121. The Kier molecular flexibility index (Phi) is 7.95. The van der Waals surface area contributed by atoms with Gasteiger partial charge in [-0.05, 0) is 39.0 Å². The predicted molar refractivity (Wildman–Crippen MR) is 145 cm³/mol. The first-order chi connectivity index (χ1) is 17.9. The van der Waals surface area contributed by atoms with E-state index >= 15 is 0 Å². The Balaban J connectivity index is 1.97. The number of rotatable bonds is 8. The summed E-state index contributed by atoms with van der Waals surface area (Å²) in [6, 6.07) is 14.2. The number of nitrogens with zero attached hydrogens (tertiary/aromatic N) is 3. The number of amides is 1. The third-order valence-corrected chi connectivity index (χ3v) is 7.24. The standard InChI is InChI=1S/C29H29N3O4S/c1-6-17-36-22-15-11-9-13-20(22)18-24-27(33)32-26(21-14-10-12-16-23(21)35-5)25(19(4)30-29(32)37-24)28(34)31(7-2)8-3/h1,9-16,18,26H,7-8,17H2,2-5H3/b24-18+/t26-/m1/s1. The van der Waals surface area contributed by atoms with Gasteiger partial charge >= 0.3 is 0 Å². The van der Waals surface area contributed by atoms with Crippen LogP contribution >= 0.6 is 11.3 Å². The summed E-state index contributed by atoms with van der Waals surface area (Å²) in [4.78, 5) is 34.6. The molecule has 1 aliphatic rings. The number of carbonyl (C=O) groups is 1. The molecule has 0 spiro atoms. The van der Waals surface area contributed by atoms with Crippen molar-refractivity contribution in [1.82, 2.24) is 9.47 Å². The molecular weight excluding hydrogens is 486 g/mol. The summed E-state index contributed by atoms with van der Waals surface area (Å²) in [6.45, 7) is 6.90. The van der Waals surface area contributed by atoms with Crippen LogP contribution in [0.25, 0.3) is 6.08 Å². The lowest BCUT2D eigenvalue weighted by Gasteiger charge is -2.29. The smallest absolute Gasteiger partial charge is 0.271 e. The first kappa shape index (κ1) is 26.0. The van der Waals surface area contributed by atoms with Gasteiger partial charge in [0.25, 0.3) is 11.5 Å². The molecule has 3 aromatic rings. The van der Waals surface area contributed by atoms with E-state index in [0.29, 0.717) is 45.2 Å². The maximum absolute atomic E-state index is 13.9. The average molecular weight is 516 g/mol. The number of hydrogen-bond donors (Lipinski definition) is 0. The number of aromatic nitrogens is 1. The average Bonchev–Trinajstić information content (AvgIpc) is 3.22. The third kappa shape index (κ3) is 4.95. The molecule has 0 aliphatic carbocycles. The van der Waals surface area contributed by atoms with Gasteiger partial charge in [-0.1, -0.05) is 53.7 Å². The second-order valence-electron chi connectivity index (χ2n) is 8.33. The van der Waals surface area contributed by atoms with Crippen molar-refractivity contribution in [2.24, 2.45) is 4.99 Å². The Morgan fingerprint density at radius 3 is 2.51 bits per heavy atom. The van der Waals surface area contributed by atoms with Crippen LogP contribution in [-0.2, 0) is 4.79 Å². The van der Waals surface area contributed by atoms with Gasteiger partial charge in [-0.2, -0.15) is 0 Å². The summed E-state index contributed by atoms with van der Waals surface area (Å²) in [5.74, 6) is 3.49. The molecule has 0 fully saturated rings. The number of benzene rings is 2. The molecule has 2 heterocycles. The number of ether oxygens (including phenoxy) is 2. The molecule has 7 nitrogen and oxygen atoms in total. The van der Waals surface area contributed by atoms with Crippen molar-refractivity contribution < 1.29 is 14.3 Å². The van der Waals surface area contributed by atoms with E-state index < -0.39 is 6.04 Å². The maximum atomic E-state index is 13.9. The SMILES string of the molecule is C#CCOc1ccccc1/C=c1/sc2n(c1=O)[C@H](c1ccccc1OC)C(C(=O)N(CC)CC)=C(C)N=2. The number of fused-ring (bicyclic) bond motifs is 1. The number of terminal acetylenes is 1. The van der Waals surface area contributed by atoms with Crippen molar-refractivity contribution in [2.75, 3.05) is 26.8 Å². The highest BCUT2D eigenvalue weighted by Crippen LogP contribution is 2.36. The maximum Gasteiger partial charge on any atom is 0.271 e. The van der Waals surface area contributed by atoms with Gasteiger partial charge in [-0.3, -0.25) is 14.2 Å². The molecule has 2 aromatic carbocycles. The monoisotopic (exact) mass is 515 g/mol. The zero-order valence-corrected chi connectivity index (χ0v) is 22.2. The van der Waals surface area contributed by atoms with Crippen molar-refractivity contribution in [3.8, 4) is 23.8 Å². The van der Waals surface area contributed by atoms with Crippen molar-refractivity contribution in [3.05, 3.63) is 90.6 Å². The fourth-order valence-corrected chi connectivity index (χ4v) is 5.49. The highest BCUT2D eigenvalue weighted by Gasteiger charge is 2.35. The van der Waals surface area contributed by atoms with Gasteiger partial charge in [0.05, 0.1) is 22.9 Å². The summed E-state index contributed by atoms with van der Waals surface area (Å²) < 4.78 is 13.4. The van der Waals surface area contributed by atoms with Crippen LogP contribution in [0.4, 0.5) is 0 Å². The number of carbonyl (C=O) groups excluding carboxylic acids is 1. The number of likely N-dealkylation sites (N-methyl/N-ethyl adjacent to an activating group) is 1. The van der Waals surface area contributed by atoms with Crippen LogP contribution < -0.4 is 24.4 Å². The number of thiazole rings is 1. The van der Waals surface area contributed by atoms with E-state index in [4.69, 9.17) is 20.9 Å². The van der Waals surface area contributed by atoms with Crippen LogP contribution in [0, 0.1) is 12.3 Å². The van der Waals surface area contributed by atoms with E-state index in [1.165, 1.54) is 11.3 Å². The minimum Gasteiger partial charge on any atom is -0.496 e. The normalized spacial score (nSPS) is 15.0. The molecule has 0 N–H and O–H groups in total. The van der Waals surface area contributed by atoms with Crippen molar-refractivity contribution >= 4 is 23.3 Å². The summed E-state index contributed by atoms with van der Waals surface area (Å²) in [5, 5.41) is 0. The van der Waals surface area contributed by atoms with Gasteiger partial charge in [-0.15, -0.1) is 6.42 Å². The predicted octanol–water partition coefficient (Wildman–Crippen LogP) is 3.12. The van der Waals surface area contributed by atoms with Crippen LogP contribution in [0.2, 0.25) is 0 Å². The zero-order valence-electron chi connectivity index (χ0n) is 21.4. The number of para-hydroxylation sites is 2.